The maximum atomic E-state index is 10.9. The summed E-state index contributed by atoms with van der Waals surface area (Å²) in [6, 6.07) is 0. The molecular weight excluding hydrogens is 196 g/mol. The number of carboxylic acid groups (broad SMARTS) is 2. The van der Waals surface area contributed by atoms with Gasteiger partial charge < -0.3 is 10.2 Å². The lowest BCUT2D eigenvalue weighted by atomic mass is 9.99. The van der Waals surface area contributed by atoms with Crippen molar-refractivity contribution in [3.63, 3.8) is 0 Å². The van der Waals surface area contributed by atoms with E-state index in [-0.39, 0.29) is 11.1 Å². The second-order valence-electron chi connectivity index (χ2n) is 3.42. The van der Waals surface area contributed by atoms with Crippen LogP contribution in [-0.4, -0.2) is 22.2 Å². The highest BCUT2D eigenvalue weighted by molar-refractivity contribution is 5.98. The Labute approximate surface area is 89.6 Å². The molecule has 0 spiro atoms. The topological polar surface area (TPSA) is 74.6 Å². The van der Waals surface area contributed by atoms with Gasteiger partial charge in [-0.3, -0.25) is 0 Å². The van der Waals surface area contributed by atoms with E-state index in [1.165, 1.54) is 0 Å². The third kappa shape index (κ3) is 4.63. The van der Waals surface area contributed by atoms with Gasteiger partial charge in [0.05, 0.1) is 0 Å². The summed E-state index contributed by atoms with van der Waals surface area (Å²) in [5.74, 6) is -2.21. The zero-order valence-electron chi connectivity index (χ0n) is 9.25. The molecule has 2 N–H and O–H groups in total. The van der Waals surface area contributed by atoms with Crippen LogP contribution in [0.4, 0.5) is 0 Å². The minimum Gasteiger partial charge on any atom is -0.478 e. The smallest absolute Gasteiger partial charge is 0.332 e. The van der Waals surface area contributed by atoms with Crippen LogP contribution in [0.5, 0.6) is 0 Å². The van der Waals surface area contributed by atoms with Crippen LogP contribution in [-0.2, 0) is 9.59 Å². The predicted molar refractivity (Wildman–Crippen MR) is 56.7 cm³/mol. The molecule has 0 heterocycles. The van der Waals surface area contributed by atoms with Crippen molar-refractivity contribution in [2.24, 2.45) is 0 Å². The highest BCUT2D eigenvalue weighted by atomic mass is 16.4. The molecule has 0 saturated heterocycles. The van der Waals surface area contributed by atoms with Crippen molar-refractivity contribution in [2.75, 3.05) is 0 Å². The van der Waals surface area contributed by atoms with E-state index < -0.39 is 11.9 Å². The Kier molecular flexibility index (Phi) is 6.42. The van der Waals surface area contributed by atoms with Crippen molar-refractivity contribution < 1.29 is 19.8 Å². The molecule has 0 atom stereocenters. The lowest BCUT2D eigenvalue weighted by Crippen LogP contribution is -2.11. The molecule has 0 aliphatic heterocycles. The first-order valence-corrected chi connectivity index (χ1v) is 5.23. The van der Waals surface area contributed by atoms with Gasteiger partial charge in [-0.1, -0.05) is 26.7 Å². The summed E-state index contributed by atoms with van der Waals surface area (Å²) in [5, 5.41) is 17.8. The quantitative estimate of drug-likeness (QED) is 0.638. The Morgan fingerprint density at radius 1 is 0.867 bits per heavy atom. The summed E-state index contributed by atoms with van der Waals surface area (Å²) < 4.78 is 0. The standard InChI is InChI=1S/C11H18O4/c1-3-5-7-9(11(14)15)8(6-4-2)10(12)13/h3-7H2,1-2H3,(H,12,13)(H,14,15). The van der Waals surface area contributed by atoms with E-state index in [1.54, 1.807) is 0 Å². The largest absolute Gasteiger partial charge is 0.478 e. The molecule has 0 aromatic carbocycles. The van der Waals surface area contributed by atoms with Gasteiger partial charge in [-0.25, -0.2) is 9.59 Å². The zero-order valence-corrected chi connectivity index (χ0v) is 9.25. The van der Waals surface area contributed by atoms with Crippen LogP contribution in [0.1, 0.15) is 46.0 Å². The number of hydrogen-bond acceptors (Lipinski definition) is 2. The Hall–Kier alpha value is -1.32. The second-order valence-corrected chi connectivity index (χ2v) is 3.42. The predicted octanol–water partition coefficient (Wildman–Crippen LogP) is 2.44. The van der Waals surface area contributed by atoms with E-state index in [0.717, 1.165) is 6.42 Å². The number of rotatable bonds is 7. The first kappa shape index (κ1) is 13.7. The summed E-state index contributed by atoms with van der Waals surface area (Å²) in [6.07, 6.45) is 2.87. The number of aliphatic carboxylic acids is 2. The Morgan fingerprint density at radius 3 is 1.67 bits per heavy atom. The molecule has 4 heteroatoms. The van der Waals surface area contributed by atoms with E-state index in [0.29, 0.717) is 25.7 Å². The van der Waals surface area contributed by atoms with Gasteiger partial charge in [0.2, 0.25) is 0 Å². The lowest BCUT2D eigenvalue weighted by Gasteiger charge is -2.07. The van der Waals surface area contributed by atoms with Crippen LogP contribution in [0, 0.1) is 0 Å². The van der Waals surface area contributed by atoms with E-state index in [1.807, 2.05) is 13.8 Å². The van der Waals surface area contributed by atoms with E-state index in [9.17, 15) is 9.59 Å². The summed E-state index contributed by atoms with van der Waals surface area (Å²) in [4.78, 5) is 21.8. The molecule has 0 unspecified atom stereocenters. The fourth-order valence-corrected chi connectivity index (χ4v) is 1.38. The molecule has 0 radical (unpaired) electrons. The first-order chi connectivity index (χ1) is 7.04. The summed E-state index contributed by atoms with van der Waals surface area (Å²) in [7, 11) is 0. The molecule has 86 valence electrons. The van der Waals surface area contributed by atoms with Crippen molar-refractivity contribution in [1.82, 2.24) is 0 Å². The van der Waals surface area contributed by atoms with Crippen LogP contribution < -0.4 is 0 Å². The third-order valence-electron chi connectivity index (χ3n) is 2.16. The summed E-state index contributed by atoms with van der Waals surface area (Å²) >= 11 is 0. The number of hydrogen-bond donors (Lipinski definition) is 2. The van der Waals surface area contributed by atoms with Crippen LogP contribution in [0.25, 0.3) is 0 Å². The van der Waals surface area contributed by atoms with Gasteiger partial charge in [0.25, 0.3) is 0 Å². The minimum atomic E-state index is -1.11. The highest BCUT2D eigenvalue weighted by Crippen LogP contribution is 2.17. The molecule has 0 fully saturated rings. The van der Waals surface area contributed by atoms with Crippen LogP contribution in [0.3, 0.4) is 0 Å². The molecule has 0 aliphatic rings. The molecule has 0 amide bonds. The van der Waals surface area contributed by atoms with Gasteiger partial charge in [0.15, 0.2) is 0 Å². The maximum Gasteiger partial charge on any atom is 0.332 e. The number of carbonyl (C=O) groups is 2. The molecule has 15 heavy (non-hydrogen) atoms. The van der Waals surface area contributed by atoms with Crippen LogP contribution in [0.2, 0.25) is 0 Å². The van der Waals surface area contributed by atoms with Crippen molar-refractivity contribution in [3.05, 3.63) is 11.1 Å². The fourth-order valence-electron chi connectivity index (χ4n) is 1.38. The van der Waals surface area contributed by atoms with Crippen LogP contribution >= 0.6 is 0 Å². The van der Waals surface area contributed by atoms with Gasteiger partial charge >= 0.3 is 11.9 Å². The Morgan fingerprint density at radius 2 is 1.33 bits per heavy atom. The Bertz CT molecular complexity index is 266. The van der Waals surface area contributed by atoms with E-state index >= 15 is 0 Å². The molecule has 0 saturated carbocycles. The SMILES string of the molecule is CCCCC(C(=O)O)=C(CCC)C(=O)O. The van der Waals surface area contributed by atoms with Crippen molar-refractivity contribution in [1.29, 1.82) is 0 Å². The summed E-state index contributed by atoms with van der Waals surface area (Å²) in [6.45, 7) is 3.78. The molecule has 0 rings (SSSR count). The van der Waals surface area contributed by atoms with Gasteiger partial charge in [0.1, 0.15) is 0 Å². The maximum absolute atomic E-state index is 10.9. The number of carboxylic acids is 2. The average molecular weight is 214 g/mol. The van der Waals surface area contributed by atoms with Crippen molar-refractivity contribution in [3.8, 4) is 0 Å². The van der Waals surface area contributed by atoms with Gasteiger partial charge in [-0.05, 0) is 19.3 Å². The molecule has 0 aromatic heterocycles. The number of unbranched alkanes of at least 4 members (excludes halogenated alkanes) is 1. The lowest BCUT2D eigenvalue weighted by molar-refractivity contribution is -0.136. The molecule has 0 bridgehead atoms. The van der Waals surface area contributed by atoms with Crippen LogP contribution in [0.15, 0.2) is 11.1 Å². The molecule has 4 nitrogen and oxygen atoms in total. The second kappa shape index (κ2) is 7.04. The van der Waals surface area contributed by atoms with Gasteiger partial charge in [0, 0.05) is 11.1 Å². The van der Waals surface area contributed by atoms with E-state index in [4.69, 9.17) is 10.2 Å². The normalized spacial score (nSPS) is 12.1. The van der Waals surface area contributed by atoms with Crippen molar-refractivity contribution in [2.45, 2.75) is 46.0 Å². The molecule has 0 aliphatic carbocycles. The minimum absolute atomic E-state index is 0.0541. The zero-order chi connectivity index (χ0) is 11.8. The highest BCUT2D eigenvalue weighted by Gasteiger charge is 2.18. The van der Waals surface area contributed by atoms with Crippen molar-refractivity contribution >= 4 is 11.9 Å². The third-order valence-corrected chi connectivity index (χ3v) is 2.16. The fraction of sp³-hybridized carbons (Fsp3) is 0.636. The average Bonchev–Trinajstić information content (AvgIpc) is 2.16. The molecule has 0 aromatic rings. The van der Waals surface area contributed by atoms with E-state index in [2.05, 4.69) is 0 Å². The first-order valence-electron chi connectivity index (χ1n) is 5.23. The molecular formula is C11H18O4. The summed E-state index contributed by atoms with van der Waals surface area (Å²) in [5.41, 5.74) is 0.115. The van der Waals surface area contributed by atoms with Gasteiger partial charge in [-0.15, -0.1) is 0 Å². The monoisotopic (exact) mass is 214 g/mol. The van der Waals surface area contributed by atoms with Gasteiger partial charge in [-0.2, -0.15) is 0 Å². The Balaban J connectivity index is 4.96.